The molecular formula is C17H21N3O5S. The number of likely N-dealkylation sites (N-methyl/N-ethyl adjacent to an activating group) is 1. The van der Waals surface area contributed by atoms with Crippen molar-refractivity contribution < 1.29 is 23.8 Å². The quantitative estimate of drug-likeness (QED) is 0.772. The number of rotatable bonds is 7. The molecule has 1 aliphatic rings. The molecule has 1 saturated heterocycles. The SMILES string of the molecule is CN(CC(=O)O)CC1CN(C(=O)Cc2csc(-c3ccoc3)n2)CCO1. The summed E-state index contributed by atoms with van der Waals surface area (Å²) in [6, 6.07) is 1.84. The number of carboxylic acid groups (broad SMARTS) is 1. The van der Waals surface area contributed by atoms with E-state index in [0.717, 1.165) is 16.3 Å². The zero-order chi connectivity index (χ0) is 18.5. The summed E-state index contributed by atoms with van der Waals surface area (Å²) in [6.07, 6.45) is 3.28. The van der Waals surface area contributed by atoms with Gasteiger partial charge in [-0.05, 0) is 13.1 Å². The largest absolute Gasteiger partial charge is 0.480 e. The molecule has 26 heavy (non-hydrogen) atoms. The second kappa shape index (κ2) is 8.43. The third-order valence-corrected chi connectivity index (χ3v) is 5.00. The lowest BCUT2D eigenvalue weighted by molar-refractivity contribution is -0.142. The van der Waals surface area contributed by atoms with Gasteiger partial charge in [0.25, 0.3) is 0 Å². The zero-order valence-corrected chi connectivity index (χ0v) is 15.3. The number of carbonyl (C=O) groups excluding carboxylic acids is 1. The van der Waals surface area contributed by atoms with E-state index in [1.807, 2.05) is 11.4 Å². The number of nitrogens with zero attached hydrogens (tertiary/aromatic N) is 3. The van der Waals surface area contributed by atoms with Crippen LogP contribution in [0.5, 0.6) is 0 Å². The van der Waals surface area contributed by atoms with Gasteiger partial charge in [-0.2, -0.15) is 0 Å². The lowest BCUT2D eigenvalue weighted by atomic mass is 10.2. The Balaban J connectivity index is 1.53. The fourth-order valence-corrected chi connectivity index (χ4v) is 3.68. The number of ether oxygens (including phenoxy) is 1. The molecule has 140 valence electrons. The van der Waals surface area contributed by atoms with Gasteiger partial charge in [-0.25, -0.2) is 4.98 Å². The number of hydrogen-bond donors (Lipinski definition) is 1. The normalized spacial score (nSPS) is 17.6. The van der Waals surface area contributed by atoms with Crippen molar-refractivity contribution in [3.63, 3.8) is 0 Å². The number of carboxylic acids is 1. The maximum atomic E-state index is 12.6. The fourth-order valence-electron chi connectivity index (χ4n) is 2.87. The molecule has 0 bridgehead atoms. The molecule has 0 spiro atoms. The second-order valence-electron chi connectivity index (χ2n) is 6.26. The molecule has 1 atom stereocenters. The summed E-state index contributed by atoms with van der Waals surface area (Å²) in [5, 5.41) is 11.5. The molecule has 0 radical (unpaired) electrons. The minimum Gasteiger partial charge on any atom is -0.480 e. The number of morpholine rings is 1. The van der Waals surface area contributed by atoms with Crippen molar-refractivity contribution in [2.75, 3.05) is 39.8 Å². The van der Waals surface area contributed by atoms with Gasteiger partial charge in [-0.1, -0.05) is 0 Å². The third-order valence-electron chi connectivity index (χ3n) is 4.06. The van der Waals surface area contributed by atoms with Crippen LogP contribution in [0.15, 0.2) is 28.4 Å². The first-order chi connectivity index (χ1) is 12.5. The summed E-state index contributed by atoms with van der Waals surface area (Å²) in [5.74, 6) is -0.878. The predicted molar refractivity (Wildman–Crippen MR) is 95.0 cm³/mol. The average Bonchev–Trinajstić information content (AvgIpc) is 3.25. The van der Waals surface area contributed by atoms with E-state index in [9.17, 15) is 9.59 Å². The van der Waals surface area contributed by atoms with Gasteiger partial charge in [0.2, 0.25) is 5.91 Å². The second-order valence-corrected chi connectivity index (χ2v) is 7.11. The summed E-state index contributed by atoms with van der Waals surface area (Å²) >= 11 is 1.48. The molecule has 3 rings (SSSR count). The monoisotopic (exact) mass is 379 g/mol. The third kappa shape index (κ3) is 4.90. The van der Waals surface area contributed by atoms with E-state index in [1.165, 1.54) is 11.3 Å². The van der Waals surface area contributed by atoms with E-state index in [4.69, 9.17) is 14.3 Å². The fraction of sp³-hybridized carbons (Fsp3) is 0.471. The summed E-state index contributed by atoms with van der Waals surface area (Å²) < 4.78 is 10.7. The van der Waals surface area contributed by atoms with Crippen LogP contribution in [0.2, 0.25) is 0 Å². The van der Waals surface area contributed by atoms with Crippen LogP contribution < -0.4 is 0 Å². The number of amides is 1. The van der Waals surface area contributed by atoms with E-state index in [1.54, 1.807) is 29.4 Å². The highest BCUT2D eigenvalue weighted by atomic mass is 32.1. The maximum absolute atomic E-state index is 12.6. The minimum atomic E-state index is -0.881. The molecule has 2 aromatic heterocycles. The number of furan rings is 1. The van der Waals surface area contributed by atoms with Gasteiger partial charge in [-0.15, -0.1) is 11.3 Å². The van der Waals surface area contributed by atoms with Gasteiger partial charge in [-0.3, -0.25) is 14.5 Å². The summed E-state index contributed by atoms with van der Waals surface area (Å²) in [4.78, 5) is 31.3. The van der Waals surface area contributed by atoms with Crippen LogP contribution in [0.1, 0.15) is 5.69 Å². The van der Waals surface area contributed by atoms with Crippen LogP contribution in [0.25, 0.3) is 10.6 Å². The minimum absolute atomic E-state index is 0.00299. The standard InChI is InChI=1S/C17H21N3O5S/c1-19(9-16(22)23)7-14-8-20(3-5-25-14)15(21)6-13-11-26-17(18-13)12-2-4-24-10-12/h2,4,10-11,14H,3,5-9H2,1H3,(H,22,23). The average molecular weight is 379 g/mol. The summed E-state index contributed by atoms with van der Waals surface area (Å²) in [5.41, 5.74) is 1.64. The molecule has 0 saturated carbocycles. The lowest BCUT2D eigenvalue weighted by Gasteiger charge is -2.34. The van der Waals surface area contributed by atoms with Gasteiger partial charge in [0.05, 0.1) is 37.6 Å². The lowest BCUT2D eigenvalue weighted by Crippen LogP contribution is -2.50. The first kappa shape index (κ1) is 18.6. The highest BCUT2D eigenvalue weighted by Crippen LogP contribution is 2.24. The van der Waals surface area contributed by atoms with Crippen molar-refractivity contribution in [2.24, 2.45) is 0 Å². The van der Waals surface area contributed by atoms with Crippen LogP contribution in [0.3, 0.4) is 0 Å². The Bertz CT molecular complexity index is 745. The number of aromatic nitrogens is 1. The van der Waals surface area contributed by atoms with E-state index < -0.39 is 5.97 Å². The Morgan fingerprint density at radius 1 is 1.50 bits per heavy atom. The molecule has 0 aliphatic carbocycles. The molecule has 1 amide bonds. The van der Waals surface area contributed by atoms with E-state index >= 15 is 0 Å². The Kier molecular flexibility index (Phi) is 6.02. The first-order valence-electron chi connectivity index (χ1n) is 8.28. The maximum Gasteiger partial charge on any atom is 0.317 e. The molecule has 1 aliphatic heterocycles. The van der Waals surface area contributed by atoms with Crippen LogP contribution in [0.4, 0.5) is 0 Å². The summed E-state index contributed by atoms with van der Waals surface area (Å²) in [6.45, 7) is 1.87. The zero-order valence-electron chi connectivity index (χ0n) is 14.5. The van der Waals surface area contributed by atoms with Gasteiger partial charge in [0.15, 0.2) is 0 Å². The Morgan fingerprint density at radius 3 is 3.08 bits per heavy atom. The van der Waals surface area contributed by atoms with Crippen molar-refractivity contribution in [3.05, 3.63) is 29.7 Å². The molecule has 3 heterocycles. The van der Waals surface area contributed by atoms with Gasteiger partial charge in [0, 0.05) is 30.6 Å². The highest BCUT2D eigenvalue weighted by molar-refractivity contribution is 7.13. The molecule has 8 nitrogen and oxygen atoms in total. The van der Waals surface area contributed by atoms with E-state index in [-0.39, 0.29) is 25.0 Å². The number of carbonyl (C=O) groups is 2. The molecule has 1 fully saturated rings. The van der Waals surface area contributed by atoms with Crippen molar-refractivity contribution in [1.29, 1.82) is 0 Å². The van der Waals surface area contributed by atoms with Crippen LogP contribution >= 0.6 is 11.3 Å². The highest BCUT2D eigenvalue weighted by Gasteiger charge is 2.26. The van der Waals surface area contributed by atoms with Crippen LogP contribution in [0, 0.1) is 0 Å². The van der Waals surface area contributed by atoms with Crippen molar-refractivity contribution in [1.82, 2.24) is 14.8 Å². The molecule has 2 aromatic rings. The Hall–Kier alpha value is -2.23. The Morgan fingerprint density at radius 2 is 2.35 bits per heavy atom. The molecule has 1 N–H and O–H groups in total. The molecule has 1 unspecified atom stereocenters. The smallest absolute Gasteiger partial charge is 0.317 e. The van der Waals surface area contributed by atoms with Gasteiger partial charge < -0.3 is 19.2 Å². The van der Waals surface area contributed by atoms with Crippen molar-refractivity contribution in [3.8, 4) is 10.6 Å². The van der Waals surface area contributed by atoms with Gasteiger partial charge in [0.1, 0.15) is 11.3 Å². The predicted octanol–water partition coefficient (Wildman–Crippen LogP) is 1.19. The first-order valence-corrected chi connectivity index (χ1v) is 9.16. The van der Waals surface area contributed by atoms with Crippen LogP contribution in [-0.2, 0) is 20.7 Å². The Labute approximate surface area is 155 Å². The number of hydrogen-bond acceptors (Lipinski definition) is 7. The molecular weight excluding hydrogens is 358 g/mol. The topological polar surface area (TPSA) is 96.1 Å². The number of aliphatic carboxylic acids is 1. The van der Waals surface area contributed by atoms with E-state index in [0.29, 0.717) is 26.2 Å². The summed E-state index contributed by atoms with van der Waals surface area (Å²) in [7, 11) is 1.73. The van der Waals surface area contributed by atoms with Crippen molar-refractivity contribution in [2.45, 2.75) is 12.5 Å². The number of thiazole rings is 1. The van der Waals surface area contributed by atoms with Crippen LogP contribution in [-0.4, -0.2) is 77.7 Å². The molecule has 9 heteroatoms. The van der Waals surface area contributed by atoms with Crippen molar-refractivity contribution >= 4 is 23.2 Å². The molecule has 0 aromatic carbocycles. The van der Waals surface area contributed by atoms with E-state index in [2.05, 4.69) is 4.98 Å². The van der Waals surface area contributed by atoms with Gasteiger partial charge >= 0.3 is 5.97 Å².